The van der Waals surface area contributed by atoms with Gasteiger partial charge in [0.05, 0.1) is 12.0 Å². The molecule has 1 heterocycles. The number of hydrogen-bond donors (Lipinski definition) is 1. The van der Waals surface area contributed by atoms with Crippen molar-refractivity contribution < 1.29 is 14.6 Å². The van der Waals surface area contributed by atoms with Gasteiger partial charge in [0.2, 0.25) is 0 Å². The first-order valence-electron chi connectivity index (χ1n) is 6.76. The molecule has 3 nitrogen and oxygen atoms in total. The molecule has 0 aromatic heterocycles. The summed E-state index contributed by atoms with van der Waals surface area (Å²) in [5.74, 6) is -0.738. The van der Waals surface area contributed by atoms with Crippen LogP contribution in [0.1, 0.15) is 44.2 Å². The van der Waals surface area contributed by atoms with E-state index in [2.05, 4.69) is 24.3 Å². The Kier molecular flexibility index (Phi) is 3.68. The van der Waals surface area contributed by atoms with E-state index in [9.17, 15) is 9.90 Å². The lowest BCUT2D eigenvalue weighted by atomic mass is 9.67. The van der Waals surface area contributed by atoms with Crippen LogP contribution in [0.2, 0.25) is 0 Å². The summed E-state index contributed by atoms with van der Waals surface area (Å²) < 4.78 is 5.75. The van der Waals surface area contributed by atoms with Gasteiger partial charge in [0.25, 0.3) is 0 Å². The predicted octanol–water partition coefficient (Wildman–Crippen LogP) is 3.30. The Bertz CT molecular complexity index is 461. The molecule has 0 radical (unpaired) electrons. The largest absolute Gasteiger partial charge is 0.481 e. The van der Waals surface area contributed by atoms with Gasteiger partial charge >= 0.3 is 5.97 Å². The number of hydrogen-bond acceptors (Lipinski definition) is 2. The van der Waals surface area contributed by atoms with Crippen LogP contribution in [0.15, 0.2) is 24.3 Å². The van der Waals surface area contributed by atoms with Gasteiger partial charge < -0.3 is 9.84 Å². The highest BCUT2D eigenvalue weighted by molar-refractivity contribution is 5.69. The molecule has 0 unspecified atom stereocenters. The van der Waals surface area contributed by atoms with Gasteiger partial charge in [0.1, 0.15) is 0 Å². The Morgan fingerprint density at radius 1 is 1.32 bits per heavy atom. The van der Waals surface area contributed by atoms with E-state index in [1.165, 1.54) is 5.56 Å². The minimum atomic E-state index is -0.738. The fourth-order valence-electron chi connectivity index (χ4n) is 3.17. The quantitative estimate of drug-likeness (QED) is 0.909. The van der Waals surface area contributed by atoms with Gasteiger partial charge in [-0.25, -0.2) is 0 Å². The topological polar surface area (TPSA) is 46.5 Å². The second-order valence-corrected chi connectivity index (χ2v) is 6.25. The summed E-state index contributed by atoms with van der Waals surface area (Å²) in [6.07, 6.45) is 1.68. The van der Waals surface area contributed by atoms with Crippen molar-refractivity contribution in [2.75, 3.05) is 6.61 Å². The van der Waals surface area contributed by atoms with E-state index in [1.807, 2.05) is 20.8 Å². The van der Waals surface area contributed by atoms with Crippen molar-refractivity contribution in [3.05, 3.63) is 35.4 Å². The van der Waals surface area contributed by atoms with Crippen molar-refractivity contribution in [3.8, 4) is 0 Å². The number of ether oxygens (including phenoxy) is 1. The third-order valence-corrected chi connectivity index (χ3v) is 3.99. The molecule has 1 aromatic rings. The van der Waals surface area contributed by atoms with Crippen molar-refractivity contribution in [1.29, 1.82) is 0 Å². The van der Waals surface area contributed by atoms with Crippen LogP contribution >= 0.6 is 0 Å². The Hall–Kier alpha value is -1.35. The van der Waals surface area contributed by atoms with Gasteiger partial charge in [0.15, 0.2) is 0 Å². The normalized spacial score (nSPS) is 26.1. The second kappa shape index (κ2) is 4.97. The lowest BCUT2D eigenvalue weighted by Crippen LogP contribution is -2.45. The highest BCUT2D eigenvalue weighted by Gasteiger charge is 2.43. The lowest BCUT2D eigenvalue weighted by molar-refractivity contribution is -0.142. The smallest absolute Gasteiger partial charge is 0.304 e. The molecule has 1 aliphatic rings. The number of aryl methyl sites for hydroxylation is 1. The zero-order valence-electron chi connectivity index (χ0n) is 11.9. The summed E-state index contributed by atoms with van der Waals surface area (Å²) in [4.78, 5) is 11.3. The minimum absolute atomic E-state index is 0.169. The summed E-state index contributed by atoms with van der Waals surface area (Å²) in [5, 5.41) is 9.28. The van der Waals surface area contributed by atoms with E-state index in [-0.39, 0.29) is 17.4 Å². The molecule has 1 fully saturated rings. The molecule has 19 heavy (non-hydrogen) atoms. The monoisotopic (exact) mass is 262 g/mol. The van der Waals surface area contributed by atoms with Crippen LogP contribution in [0.25, 0.3) is 0 Å². The molecule has 1 aromatic carbocycles. The molecule has 3 heteroatoms. The van der Waals surface area contributed by atoms with Crippen LogP contribution in [0.3, 0.4) is 0 Å². The summed E-state index contributed by atoms with van der Waals surface area (Å²) in [6.45, 7) is 6.74. The highest BCUT2D eigenvalue weighted by atomic mass is 16.5. The van der Waals surface area contributed by atoms with Gasteiger partial charge in [-0.1, -0.05) is 29.8 Å². The molecule has 0 aliphatic carbocycles. The first kappa shape index (κ1) is 14.1. The molecule has 1 N–H and O–H groups in total. The number of rotatable bonds is 3. The first-order chi connectivity index (χ1) is 8.83. The molecule has 1 saturated heterocycles. The molecular weight excluding hydrogens is 240 g/mol. The standard InChI is InChI=1S/C16H22O3/c1-12-4-6-13(7-5-12)16(10-14(17)18)8-9-19-15(2,3)11-16/h4-7H,8-11H2,1-3H3,(H,17,18)/t16-/m0/s1. The number of benzene rings is 1. The van der Waals surface area contributed by atoms with Crippen LogP contribution in [0.4, 0.5) is 0 Å². The molecular formula is C16H22O3. The van der Waals surface area contributed by atoms with Gasteiger partial charge in [-0.05, 0) is 39.2 Å². The maximum Gasteiger partial charge on any atom is 0.304 e. The molecule has 1 atom stereocenters. The maximum absolute atomic E-state index is 11.3. The van der Waals surface area contributed by atoms with E-state index in [1.54, 1.807) is 0 Å². The molecule has 0 saturated carbocycles. The van der Waals surface area contributed by atoms with Gasteiger partial charge in [-0.15, -0.1) is 0 Å². The third-order valence-electron chi connectivity index (χ3n) is 3.99. The van der Waals surface area contributed by atoms with Crippen LogP contribution in [-0.2, 0) is 14.9 Å². The highest BCUT2D eigenvalue weighted by Crippen LogP contribution is 2.44. The second-order valence-electron chi connectivity index (χ2n) is 6.25. The van der Waals surface area contributed by atoms with E-state index in [4.69, 9.17) is 4.74 Å². The Balaban J connectivity index is 2.39. The number of carbonyl (C=O) groups is 1. The zero-order valence-corrected chi connectivity index (χ0v) is 11.9. The first-order valence-corrected chi connectivity index (χ1v) is 6.76. The van der Waals surface area contributed by atoms with Gasteiger partial charge in [0, 0.05) is 12.0 Å². The number of carboxylic acid groups (broad SMARTS) is 1. The Labute approximate surface area is 114 Å². The van der Waals surface area contributed by atoms with E-state index in [0.29, 0.717) is 6.61 Å². The predicted molar refractivity (Wildman–Crippen MR) is 74.4 cm³/mol. The molecule has 1 aliphatic heterocycles. The molecule has 0 bridgehead atoms. The number of aliphatic carboxylic acids is 1. The van der Waals surface area contributed by atoms with Crippen molar-refractivity contribution in [2.24, 2.45) is 0 Å². The summed E-state index contributed by atoms with van der Waals surface area (Å²) >= 11 is 0. The lowest BCUT2D eigenvalue weighted by Gasteiger charge is -2.44. The van der Waals surface area contributed by atoms with E-state index < -0.39 is 5.97 Å². The molecule has 2 rings (SSSR count). The molecule has 0 amide bonds. The van der Waals surface area contributed by atoms with Crippen molar-refractivity contribution in [3.63, 3.8) is 0 Å². The van der Waals surface area contributed by atoms with Gasteiger partial charge in [-0.2, -0.15) is 0 Å². The minimum Gasteiger partial charge on any atom is -0.481 e. The molecule has 104 valence electrons. The van der Waals surface area contributed by atoms with E-state index >= 15 is 0 Å². The number of carboxylic acids is 1. The third kappa shape index (κ3) is 3.16. The fourth-order valence-corrected chi connectivity index (χ4v) is 3.17. The fraction of sp³-hybridized carbons (Fsp3) is 0.562. The zero-order chi connectivity index (χ0) is 14.1. The Morgan fingerprint density at radius 2 is 1.95 bits per heavy atom. The Morgan fingerprint density at radius 3 is 2.47 bits per heavy atom. The van der Waals surface area contributed by atoms with Crippen LogP contribution in [0, 0.1) is 6.92 Å². The van der Waals surface area contributed by atoms with E-state index in [0.717, 1.165) is 18.4 Å². The van der Waals surface area contributed by atoms with Crippen molar-refractivity contribution in [1.82, 2.24) is 0 Å². The SMILES string of the molecule is Cc1ccc([C@]2(CC(=O)O)CCOC(C)(C)C2)cc1. The average molecular weight is 262 g/mol. The van der Waals surface area contributed by atoms with Crippen LogP contribution < -0.4 is 0 Å². The van der Waals surface area contributed by atoms with Crippen molar-refractivity contribution >= 4 is 5.97 Å². The average Bonchev–Trinajstić information content (AvgIpc) is 2.27. The van der Waals surface area contributed by atoms with Crippen LogP contribution in [0.5, 0.6) is 0 Å². The summed E-state index contributed by atoms with van der Waals surface area (Å²) in [6, 6.07) is 8.25. The van der Waals surface area contributed by atoms with Gasteiger partial charge in [-0.3, -0.25) is 4.79 Å². The summed E-state index contributed by atoms with van der Waals surface area (Å²) in [5.41, 5.74) is 1.75. The summed E-state index contributed by atoms with van der Waals surface area (Å²) in [7, 11) is 0. The maximum atomic E-state index is 11.3. The van der Waals surface area contributed by atoms with Crippen molar-refractivity contribution in [2.45, 2.75) is 51.0 Å². The molecule has 0 spiro atoms. The van der Waals surface area contributed by atoms with Crippen LogP contribution in [-0.4, -0.2) is 23.3 Å².